The Hall–Kier alpha value is -1.12. The van der Waals surface area contributed by atoms with E-state index >= 15 is 0 Å². The fraction of sp³-hybridized carbons (Fsp3) is 0.667. The van der Waals surface area contributed by atoms with Gasteiger partial charge in [-0.2, -0.15) is 13.2 Å². The van der Waals surface area contributed by atoms with Gasteiger partial charge in [-0.15, -0.1) is 11.3 Å². The van der Waals surface area contributed by atoms with Gasteiger partial charge in [-0.1, -0.05) is 0 Å². The zero-order valence-electron chi connectivity index (χ0n) is 13.1. The molecule has 128 valence electrons. The number of alkyl halides is 3. The zero-order valence-corrected chi connectivity index (χ0v) is 13.9. The van der Waals surface area contributed by atoms with E-state index in [0.29, 0.717) is 32.5 Å². The molecule has 0 spiro atoms. The molecule has 1 fully saturated rings. The lowest BCUT2D eigenvalue weighted by Gasteiger charge is -2.34. The number of thiazole rings is 1. The first kappa shape index (κ1) is 16.7. The summed E-state index contributed by atoms with van der Waals surface area (Å²) in [6.45, 7) is 5.80. The van der Waals surface area contributed by atoms with Crippen molar-refractivity contribution in [3.8, 4) is 0 Å². The van der Waals surface area contributed by atoms with E-state index in [4.69, 9.17) is 0 Å². The van der Waals surface area contributed by atoms with Gasteiger partial charge in [0.05, 0.1) is 11.4 Å². The quantitative estimate of drug-likeness (QED) is 0.927. The number of aliphatic hydroxyl groups excluding tert-OH is 1. The highest BCUT2D eigenvalue weighted by atomic mass is 32.1. The maximum atomic E-state index is 12.6. The van der Waals surface area contributed by atoms with Crippen LogP contribution in [0.15, 0.2) is 6.20 Å². The number of likely N-dealkylation sites (tertiary alicyclic amines) is 1. The molecule has 0 amide bonds. The minimum Gasteiger partial charge on any atom is -0.383 e. The van der Waals surface area contributed by atoms with Crippen molar-refractivity contribution in [1.82, 2.24) is 14.3 Å². The molecule has 1 saturated heterocycles. The second-order valence-corrected chi connectivity index (χ2v) is 7.45. The summed E-state index contributed by atoms with van der Waals surface area (Å²) in [6, 6.07) is 0. The second kappa shape index (κ2) is 6.07. The summed E-state index contributed by atoms with van der Waals surface area (Å²) in [4.78, 5) is 8.82. The van der Waals surface area contributed by atoms with Gasteiger partial charge in [-0.25, -0.2) is 4.98 Å². The van der Waals surface area contributed by atoms with Gasteiger partial charge >= 0.3 is 6.18 Å². The average Bonchev–Trinajstić information content (AvgIpc) is 2.95. The standard InChI is InChI=1S/C15H20F3N3OS/c1-9-7-21-12(10(2)19-14(21)23-9)8-20-5-3-11(4-6-20)13(22)15(16,17)18/h7,11,13,22H,3-6,8H2,1-2H3. The number of imidazole rings is 1. The number of halogens is 3. The zero-order chi connectivity index (χ0) is 16.8. The minimum absolute atomic E-state index is 0.365. The largest absolute Gasteiger partial charge is 0.414 e. The lowest BCUT2D eigenvalue weighted by Crippen LogP contribution is -2.43. The first-order chi connectivity index (χ1) is 10.8. The number of aryl methyl sites for hydroxylation is 2. The van der Waals surface area contributed by atoms with E-state index in [0.717, 1.165) is 16.3 Å². The first-order valence-corrected chi connectivity index (χ1v) is 8.48. The van der Waals surface area contributed by atoms with Gasteiger partial charge in [0.25, 0.3) is 0 Å². The van der Waals surface area contributed by atoms with Crippen molar-refractivity contribution in [2.24, 2.45) is 5.92 Å². The van der Waals surface area contributed by atoms with Crippen molar-refractivity contribution in [3.63, 3.8) is 0 Å². The summed E-state index contributed by atoms with van der Waals surface area (Å²) in [5, 5.41) is 9.39. The number of nitrogens with zero attached hydrogens (tertiary/aromatic N) is 3. The molecule has 1 aliphatic rings. The van der Waals surface area contributed by atoms with Crippen molar-refractivity contribution in [1.29, 1.82) is 0 Å². The van der Waals surface area contributed by atoms with Crippen molar-refractivity contribution in [3.05, 3.63) is 22.5 Å². The van der Waals surface area contributed by atoms with Gasteiger partial charge < -0.3 is 5.11 Å². The van der Waals surface area contributed by atoms with Crippen molar-refractivity contribution >= 4 is 16.3 Å². The van der Waals surface area contributed by atoms with Crippen LogP contribution in [-0.4, -0.2) is 44.8 Å². The fourth-order valence-corrected chi connectivity index (χ4v) is 4.10. The maximum absolute atomic E-state index is 12.6. The van der Waals surface area contributed by atoms with Crippen LogP contribution >= 0.6 is 11.3 Å². The van der Waals surface area contributed by atoms with Crippen LogP contribution in [0.1, 0.15) is 29.1 Å². The summed E-state index contributed by atoms with van der Waals surface area (Å²) in [5.41, 5.74) is 2.06. The predicted octanol–water partition coefficient (Wildman–Crippen LogP) is 3.15. The Kier molecular flexibility index (Phi) is 4.41. The molecule has 2 aromatic heterocycles. The molecule has 4 nitrogen and oxygen atoms in total. The molecule has 0 bridgehead atoms. The molecule has 0 saturated carbocycles. The van der Waals surface area contributed by atoms with Crippen molar-refractivity contribution in [2.45, 2.75) is 45.5 Å². The Morgan fingerprint density at radius 3 is 2.61 bits per heavy atom. The number of hydrogen-bond acceptors (Lipinski definition) is 4. The third kappa shape index (κ3) is 3.39. The fourth-order valence-electron chi connectivity index (χ4n) is 3.21. The van der Waals surface area contributed by atoms with E-state index < -0.39 is 18.2 Å². The normalized spacial score (nSPS) is 19.6. The Morgan fingerprint density at radius 2 is 2.00 bits per heavy atom. The second-order valence-electron chi connectivity index (χ2n) is 6.24. The summed E-state index contributed by atoms with van der Waals surface area (Å²) in [6.07, 6.45) is -3.94. The number of aliphatic hydroxyl groups is 1. The number of rotatable bonds is 3. The smallest absolute Gasteiger partial charge is 0.383 e. The topological polar surface area (TPSA) is 40.8 Å². The maximum Gasteiger partial charge on any atom is 0.414 e. The molecule has 3 heterocycles. The summed E-state index contributed by atoms with van der Waals surface area (Å²) < 4.78 is 39.9. The van der Waals surface area contributed by atoms with Crippen LogP contribution in [0.2, 0.25) is 0 Å². The van der Waals surface area contributed by atoms with Crippen LogP contribution in [0.5, 0.6) is 0 Å². The number of hydrogen-bond donors (Lipinski definition) is 1. The molecule has 1 atom stereocenters. The Balaban J connectivity index is 1.65. The molecule has 1 unspecified atom stereocenters. The summed E-state index contributed by atoms with van der Waals surface area (Å²) in [5.74, 6) is -0.693. The van der Waals surface area contributed by atoms with Crippen molar-refractivity contribution < 1.29 is 18.3 Å². The molecule has 3 rings (SSSR count). The SMILES string of the molecule is Cc1cn2c(CN3CCC(C(O)C(F)(F)F)CC3)c(C)nc2s1. The highest BCUT2D eigenvalue weighted by Gasteiger charge is 2.44. The van der Waals surface area contributed by atoms with E-state index in [1.165, 1.54) is 4.88 Å². The van der Waals surface area contributed by atoms with Crippen LogP contribution < -0.4 is 0 Å². The molecular weight excluding hydrogens is 327 g/mol. The number of piperidine rings is 1. The van der Waals surface area contributed by atoms with Crippen LogP contribution in [0.3, 0.4) is 0 Å². The van der Waals surface area contributed by atoms with Crippen LogP contribution in [0.25, 0.3) is 4.96 Å². The van der Waals surface area contributed by atoms with Crippen molar-refractivity contribution in [2.75, 3.05) is 13.1 Å². The van der Waals surface area contributed by atoms with Crippen LogP contribution in [0.4, 0.5) is 13.2 Å². The number of aromatic nitrogens is 2. The molecule has 0 aromatic carbocycles. The lowest BCUT2D eigenvalue weighted by molar-refractivity contribution is -0.223. The molecule has 1 N–H and O–H groups in total. The highest BCUT2D eigenvalue weighted by Crippen LogP contribution is 2.32. The number of fused-ring (bicyclic) bond motifs is 1. The van der Waals surface area contributed by atoms with Gasteiger partial charge in [0, 0.05) is 17.6 Å². The molecular formula is C15H20F3N3OS. The Bertz CT molecular complexity index is 686. The van der Waals surface area contributed by atoms with Crippen LogP contribution in [-0.2, 0) is 6.54 Å². The third-order valence-electron chi connectivity index (χ3n) is 4.53. The van der Waals surface area contributed by atoms with Gasteiger partial charge in [-0.05, 0) is 45.7 Å². The average molecular weight is 347 g/mol. The monoisotopic (exact) mass is 347 g/mol. The molecule has 1 aliphatic heterocycles. The van der Waals surface area contributed by atoms with Gasteiger partial charge in [0.15, 0.2) is 11.1 Å². The van der Waals surface area contributed by atoms with Crippen LogP contribution in [0, 0.1) is 19.8 Å². The minimum atomic E-state index is -4.52. The molecule has 23 heavy (non-hydrogen) atoms. The van der Waals surface area contributed by atoms with E-state index in [2.05, 4.69) is 20.5 Å². The molecule has 0 radical (unpaired) electrons. The van der Waals surface area contributed by atoms with Gasteiger partial charge in [0.2, 0.25) is 0 Å². The predicted molar refractivity (Wildman–Crippen MR) is 82.6 cm³/mol. The Labute approximate surface area is 136 Å². The third-order valence-corrected chi connectivity index (χ3v) is 5.43. The van der Waals surface area contributed by atoms with Gasteiger partial charge in [-0.3, -0.25) is 9.30 Å². The van der Waals surface area contributed by atoms with Gasteiger partial charge in [0.1, 0.15) is 0 Å². The van der Waals surface area contributed by atoms with E-state index in [1.54, 1.807) is 11.3 Å². The molecule has 8 heteroatoms. The van der Waals surface area contributed by atoms with E-state index in [-0.39, 0.29) is 0 Å². The lowest BCUT2D eigenvalue weighted by atomic mass is 9.91. The molecule has 2 aromatic rings. The summed E-state index contributed by atoms with van der Waals surface area (Å²) in [7, 11) is 0. The highest BCUT2D eigenvalue weighted by molar-refractivity contribution is 7.17. The van der Waals surface area contributed by atoms with E-state index in [9.17, 15) is 18.3 Å². The Morgan fingerprint density at radius 1 is 1.35 bits per heavy atom. The van der Waals surface area contributed by atoms with E-state index in [1.807, 2.05) is 13.8 Å². The first-order valence-electron chi connectivity index (χ1n) is 7.67. The molecule has 0 aliphatic carbocycles. The summed E-state index contributed by atoms with van der Waals surface area (Å²) >= 11 is 1.63.